The number of rotatable bonds is 11. The number of hydrogen-bond donors (Lipinski definition) is 6. The fraction of sp³-hybridized carbons (Fsp3) is 0.0278. The molecule has 0 spiro atoms. The third-order valence-corrected chi connectivity index (χ3v) is 11.8. The molecule has 0 bridgehead atoms. The zero-order chi connectivity index (χ0) is 52.1. The van der Waals surface area contributed by atoms with E-state index in [0.29, 0.717) is 5.52 Å². The van der Waals surface area contributed by atoms with Gasteiger partial charge in [0.05, 0.1) is 32.7 Å². The molecule has 0 saturated carbocycles. The molecule has 5 aromatic carbocycles. The second-order valence-corrected chi connectivity index (χ2v) is 18.2. The molecule has 29 nitrogen and oxygen atoms in total. The Balaban J connectivity index is 0.000000979. The van der Waals surface area contributed by atoms with Crippen molar-refractivity contribution in [1.82, 2.24) is 14.8 Å². The molecule has 0 aliphatic heterocycles. The first-order chi connectivity index (χ1) is 32.8. The summed E-state index contributed by atoms with van der Waals surface area (Å²) in [6.07, 6.45) is 1.54. The maximum atomic E-state index is 12.7. The Morgan fingerprint density at radius 1 is 0.671 bits per heavy atom. The lowest BCUT2D eigenvalue weighted by molar-refractivity contribution is -0.193. The van der Waals surface area contributed by atoms with Crippen LogP contribution in [0.2, 0.25) is 0 Å². The van der Waals surface area contributed by atoms with Gasteiger partial charge in [-0.2, -0.15) is 54.2 Å². The minimum Gasteiger partial charge on any atom is -0.505 e. The number of carbonyl (C=O) groups is 1. The molecule has 1 amide bonds. The summed E-state index contributed by atoms with van der Waals surface area (Å²) in [7, 11) is -17.7. The van der Waals surface area contributed by atoms with E-state index >= 15 is 0 Å². The molecule has 0 fully saturated rings. The first-order valence-electron chi connectivity index (χ1n) is 17.7. The molecule has 7 rings (SSSR count). The third kappa shape index (κ3) is 14.0. The lowest BCUT2D eigenvalue weighted by atomic mass is 10.1. The van der Waals surface area contributed by atoms with Crippen molar-refractivity contribution in [3.8, 4) is 17.3 Å². The van der Waals surface area contributed by atoms with Crippen molar-refractivity contribution in [2.75, 3.05) is 5.32 Å². The van der Waals surface area contributed by atoms with E-state index in [1.54, 1.807) is 18.2 Å². The minimum absolute atomic E-state index is 0.0917. The van der Waals surface area contributed by atoms with Gasteiger partial charge in [-0.3, -0.25) is 18.5 Å². The number of thiazole rings is 1. The average Bonchev–Trinajstić information content (AvgIpc) is 3.86. The van der Waals surface area contributed by atoms with Gasteiger partial charge in [-0.25, -0.2) is 4.98 Å². The molecule has 0 radical (unpaired) electrons. The summed E-state index contributed by atoms with van der Waals surface area (Å²) in [6.45, 7) is 1.17. The Bertz CT molecular complexity index is 3740. The standard InChI is InChI=1S/C34H24N10O12S4.2CO2.O3S/c1-17(45)36-25-14-27(30(59(51,52)53)15-26(25)40-43-34-37-22-4-2-3-5-29(22)57-34)41-38-23-12-11-21-20(31(23)46)10-13-24(32(21)60(54,55)56)39-42-28-16-35-44(33(28)47)18-6-8-19(9-7-18)58(48,49)50;2*2-1-3;1-4(2)3/h2-16,46-47H,1H3,(H,36,45)(H,48,49,50)(H,51,52,53)(H,54,55,56);;;. The highest BCUT2D eigenvalue weighted by molar-refractivity contribution is 7.86. The number of nitrogens with zero attached hydrogens (tertiary/aromatic N) is 9. The van der Waals surface area contributed by atoms with Crippen LogP contribution in [-0.2, 0) is 64.9 Å². The van der Waals surface area contributed by atoms with E-state index in [4.69, 9.17) is 31.8 Å². The van der Waals surface area contributed by atoms with Gasteiger partial charge in [0.1, 0.15) is 32.5 Å². The van der Waals surface area contributed by atoms with Crippen LogP contribution >= 0.6 is 11.3 Å². The summed E-state index contributed by atoms with van der Waals surface area (Å²) in [4.78, 5) is 46.9. The van der Waals surface area contributed by atoms with Crippen molar-refractivity contribution < 1.29 is 85.7 Å². The lowest BCUT2D eigenvalue weighted by Crippen LogP contribution is -2.07. The second-order valence-electron chi connectivity index (χ2n) is 12.6. The van der Waals surface area contributed by atoms with Gasteiger partial charge in [0, 0.05) is 17.7 Å². The van der Waals surface area contributed by atoms with Crippen molar-refractivity contribution in [2.45, 2.75) is 21.6 Å². The van der Waals surface area contributed by atoms with E-state index in [1.807, 2.05) is 6.07 Å². The molecule has 2 aromatic heterocycles. The quantitative estimate of drug-likeness (QED) is 0.0656. The van der Waals surface area contributed by atoms with Gasteiger partial charge in [0.2, 0.25) is 16.9 Å². The van der Waals surface area contributed by atoms with Gasteiger partial charge in [0.25, 0.3) is 30.4 Å². The predicted octanol–water partition coefficient (Wildman–Crippen LogP) is 5.82. The van der Waals surface area contributed by atoms with Crippen LogP contribution in [0.1, 0.15) is 6.92 Å². The molecular weight excluding hydrogens is 1040 g/mol. The summed E-state index contributed by atoms with van der Waals surface area (Å²) in [5, 5.41) is 51.6. The van der Waals surface area contributed by atoms with Gasteiger partial charge in [0.15, 0.2) is 11.4 Å². The number of anilines is 1. The zero-order valence-electron chi connectivity index (χ0n) is 34.2. The number of aromatic hydroxyl groups is 2. The van der Waals surface area contributed by atoms with Crippen LogP contribution in [0.4, 0.5) is 39.3 Å². The smallest absolute Gasteiger partial charge is 0.425 e. The second kappa shape index (κ2) is 23.0. The van der Waals surface area contributed by atoms with E-state index < -0.39 is 84.6 Å². The van der Waals surface area contributed by atoms with E-state index in [9.17, 15) is 53.9 Å². The number of amides is 1. The highest BCUT2D eigenvalue weighted by Gasteiger charge is 2.24. The minimum atomic E-state index is -5.10. The van der Waals surface area contributed by atoms with Gasteiger partial charge in [-0.1, -0.05) is 29.5 Å². The number of azo groups is 3. The topological polar surface area (TPSA) is 457 Å². The van der Waals surface area contributed by atoms with Crippen molar-refractivity contribution in [1.29, 1.82) is 0 Å². The van der Waals surface area contributed by atoms with Crippen LogP contribution in [0, 0.1) is 0 Å². The SMILES string of the molecule is CC(=O)Nc1cc(N=Nc2ccc3c(S(=O)(=O)O)c(N=Nc4cnn(-c5ccc(S(=O)(=O)O)cc5)c4O)ccc3c2O)c(S(=O)(=O)O)cc1N=Nc1nc2ccccc2s1.O=C=O.O=C=O.O=S(=O)=O. The molecule has 0 unspecified atom stereocenters. The molecule has 34 heteroatoms. The summed E-state index contributed by atoms with van der Waals surface area (Å²) in [6, 6.07) is 18.1. The van der Waals surface area contributed by atoms with E-state index in [1.165, 1.54) is 36.5 Å². The number of aromatic nitrogens is 3. The van der Waals surface area contributed by atoms with Crippen LogP contribution in [0.25, 0.3) is 26.7 Å². The van der Waals surface area contributed by atoms with Crippen molar-refractivity contribution in [3.63, 3.8) is 0 Å². The van der Waals surface area contributed by atoms with Crippen molar-refractivity contribution >= 4 is 131 Å². The summed E-state index contributed by atoms with van der Waals surface area (Å²) < 4.78 is 130. The molecule has 0 aliphatic carbocycles. The average molecular weight is 1060 g/mol. The fourth-order valence-electron chi connectivity index (χ4n) is 5.55. The Morgan fingerprint density at radius 2 is 1.21 bits per heavy atom. The Hall–Kier alpha value is -8.56. The number of hydrogen-bond acceptors (Lipinski definition) is 25. The van der Waals surface area contributed by atoms with Gasteiger partial charge >= 0.3 is 22.9 Å². The molecule has 2 heterocycles. The van der Waals surface area contributed by atoms with E-state index in [2.05, 4.69) is 46.1 Å². The van der Waals surface area contributed by atoms with Crippen LogP contribution in [-0.4, -0.2) is 94.7 Å². The van der Waals surface area contributed by atoms with Gasteiger partial charge in [-0.15, -0.1) is 43.3 Å². The van der Waals surface area contributed by atoms with Crippen molar-refractivity contribution in [2.24, 2.45) is 30.7 Å². The number of para-hydroxylation sites is 1. The highest BCUT2D eigenvalue weighted by atomic mass is 32.2. The number of fused-ring (bicyclic) bond motifs is 2. The Labute approximate surface area is 395 Å². The van der Waals surface area contributed by atoms with Crippen molar-refractivity contribution in [3.05, 3.63) is 91.1 Å². The normalized spacial score (nSPS) is 11.5. The number of phenols is 1. The fourth-order valence-corrected chi connectivity index (χ4v) is 8.27. The summed E-state index contributed by atoms with van der Waals surface area (Å²) >= 11 is 1.19. The first kappa shape index (κ1) is 54.0. The van der Waals surface area contributed by atoms with Crippen LogP contribution in [0.3, 0.4) is 0 Å². The summed E-state index contributed by atoms with van der Waals surface area (Å²) in [5.74, 6) is -1.89. The van der Waals surface area contributed by atoms with Crippen LogP contribution < -0.4 is 5.32 Å². The molecule has 6 N–H and O–H groups in total. The maximum absolute atomic E-state index is 12.7. The van der Waals surface area contributed by atoms with E-state index in [0.717, 1.165) is 58.0 Å². The predicted molar refractivity (Wildman–Crippen MR) is 233 cm³/mol. The molecule has 362 valence electrons. The van der Waals surface area contributed by atoms with Crippen LogP contribution in [0.5, 0.6) is 11.6 Å². The number of phenolic OH excluding ortho intramolecular Hbond substituents is 1. The monoisotopic (exact) mass is 1060 g/mol. The number of nitrogens with one attached hydrogen (secondary N) is 1. The van der Waals surface area contributed by atoms with E-state index in [-0.39, 0.29) is 56.6 Å². The lowest BCUT2D eigenvalue weighted by Gasteiger charge is -2.11. The highest BCUT2D eigenvalue weighted by Crippen LogP contribution is 2.44. The number of carbonyl (C=O) groups excluding carboxylic acids is 5. The molecule has 0 atom stereocenters. The molecule has 0 aliphatic rings. The molecule has 0 saturated heterocycles. The van der Waals surface area contributed by atoms with Gasteiger partial charge < -0.3 is 15.5 Å². The Kier molecular flexibility index (Phi) is 17.7. The third-order valence-electron chi connectivity index (χ3n) is 8.17. The maximum Gasteiger partial charge on any atom is 0.425 e. The zero-order valence-corrected chi connectivity index (χ0v) is 38.3. The molecule has 70 heavy (non-hydrogen) atoms. The number of benzene rings is 5. The molecular formula is C36H24N10O19S5. The summed E-state index contributed by atoms with van der Waals surface area (Å²) in [5.41, 5.74) is -1.11. The molecule has 7 aromatic rings. The van der Waals surface area contributed by atoms with Crippen LogP contribution in [0.15, 0.2) is 136 Å². The first-order valence-corrected chi connectivity index (χ1v) is 23.9. The Morgan fingerprint density at radius 3 is 1.79 bits per heavy atom. The van der Waals surface area contributed by atoms with Gasteiger partial charge in [-0.05, 0) is 66.7 Å². The largest absolute Gasteiger partial charge is 0.505 e.